The fourth-order valence-electron chi connectivity index (χ4n) is 1.19. The lowest BCUT2D eigenvalue weighted by Crippen LogP contribution is -2.29. The van der Waals surface area contributed by atoms with E-state index in [2.05, 4.69) is 24.5 Å². The SMILES string of the molecule is CC(C)CNCCNCc1ccoc1. The molecular formula is C11H20N2O. The van der Waals surface area contributed by atoms with E-state index in [1.807, 2.05) is 6.07 Å². The summed E-state index contributed by atoms with van der Waals surface area (Å²) in [5.74, 6) is 0.726. The van der Waals surface area contributed by atoms with E-state index in [0.29, 0.717) is 0 Å². The molecule has 0 fully saturated rings. The van der Waals surface area contributed by atoms with Gasteiger partial charge in [0.1, 0.15) is 0 Å². The highest BCUT2D eigenvalue weighted by Crippen LogP contribution is 1.97. The van der Waals surface area contributed by atoms with Crippen LogP contribution in [0, 0.1) is 5.92 Å². The van der Waals surface area contributed by atoms with Crippen LogP contribution < -0.4 is 10.6 Å². The normalized spacial score (nSPS) is 11.1. The third-order valence-electron chi connectivity index (χ3n) is 1.94. The fourth-order valence-corrected chi connectivity index (χ4v) is 1.19. The third-order valence-corrected chi connectivity index (χ3v) is 1.94. The molecule has 0 aliphatic heterocycles. The van der Waals surface area contributed by atoms with Gasteiger partial charge in [-0.1, -0.05) is 13.8 Å². The van der Waals surface area contributed by atoms with Crippen LogP contribution in [0.1, 0.15) is 19.4 Å². The molecule has 0 aliphatic rings. The Morgan fingerprint density at radius 2 is 2.07 bits per heavy atom. The molecule has 0 aliphatic carbocycles. The molecule has 1 rings (SSSR count). The van der Waals surface area contributed by atoms with E-state index >= 15 is 0 Å². The average molecular weight is 196 g/mol. The minimum Gasteiger partial charge on any atom is -0.472 e. The van der Waals surface area contributed by atoms with Gasteiger partial charge >= 0.3 is 0 Å². The van der Waals surface area contributed by atoms with Crippen molar-refractivity contribution in [2.24, 2.45) is 5.92 Å². The lowest BCUT2D eigenvalue weighted by atomic mass is 10.2. The molecule has 1 aromatic rings. The molecule has 0 saturated carbocycles. The Morgan fingerprint density at radius 3 is 2.71 bits per heavy atom. The molecule has 0 saturated heterocycles. The van der Waals surface area contributed by atoms with Crippen LogP contribution in [0.4, 0.5) is 0 Å². The molecule has 1 aromatic heterocycles. The lowest BCUT2D eigenvalue weighted by Gasteiger charge is -2.07. The maximum absolute atomic E-state index is 4.97. The van der Waals surface area contributed by atoms with Crippen molar-refractivity contribution in [3.05, 3.63) is 24.2 Å². The van der Waals surface area contributed by atoms with Crippen molar-refractivity contribution in [1.82, 2.24) is 10.6 Å². The zero-order valence-corrected chi connectivity index (χ0v) is 9.05. The molecule has 0 amide bonds. The van der Waals surface area contributed by atoms with Crippen LogP contribution in [0.15, 0.2) is 23.0 Å². The van der Waals surface area contributed by atoms with E-state index in [-0.39, 0.29) is 0 Å². The summed E-state index contributed by atoms with van der Waals surface area (Å²) in [6, 6.07) is 1.98. The van der Waals surface area contributed by atoms with Crippen LogP contribution in [0.5, 0.6) is 0 Å². The van der Waals surface area contributed by atoms with Gasteiger partial charge in [-0.15, -0.1) is 0 Å². The molecule has 14 heavy (non-hydrogen) atoms. The zero-order chi connectivity index (χ0) is 10.2. The van der Waals surface area contributed by atoms with Crippen molar-refractivity contribution < 1.29 is 4.42 Å². The molecule has 0 unspecified atom stereocenters. The van der Waals surface area contributed by atoms with Gasteiger partial charge in [0.05, 0.1) is 12.5 Å². The standard InChI is InChI=1S/C11H20N2O/c1-10(2)7-12-4-5-13-8-11-3-6-14-9-11/h3,6,9-10,12-13H,4-5,7-8H2,1-2H3. The summed E-state index contributed by atoms with van der Waals surface area (Å²) >= 11 is 0. The maximum Gasteiger partial charge on any atom is 0.0947 e. The second-order valence-corrected chi connectivity index (χ2v) is 3.91. The van der Waals surface area contributed by atoms with Gasteiger partial charge in [-0.05, 0) is 18.5 Å². The number of hydrogen-bond acceptors (Lipinski definition) is 3. The molecule has 80 valence electrons. The summed E-state index contributed by atoms with van der Waals surface area (Å²) in [6.07, 6.45) is 3.47. The van der Waals surface area contributed by atoms with Crippen molar-refractivity contribution in [2.45, 2.75) is 20.4 Å². The Bertz CT molecular complexity index is 219. The minimum atomic E-state index is 0.726. The van der Waals surface area contributed by atoms with Crippen molar-refractivity contribution in [3.63, 3.8) is 0 Å². The highest BCUT2D eigenvalue weighted by molar-refractivity contribution is 5.04. The smallest absolute Gasteiger partial charge is 0.0947 e. The van der Waals surface area contributed by atoms with Crippen LogP contribution in [-0.2, 0) is 6.54 Å². The fraction of sp³-hybridized carbons (Fsp3) is 0.636. The van der Waals surface area contributed by atoms with E-state index in [0.717, 1.165) is 32.1 Å². The predicted octanol–water partition coefficient (Wildman–Crippen LogP) is 1.61. The van der Waals surface area contributed by atoms with Crippen molar-refractivity contribution in [3.8, 4) is 0 Å². The molecule has 3 heteroatoms. The monoisotopic (exact) mass is 196 g/mol. The van der Waals surface area contributed by atoms with Crippen LogP contribution in [0.2, 0.25) is 0 Å². The Hall–Kier alpha value is -0.800. The van der Waals surface area contributed by atoms with Gasteiger partial charge < -0.3 is 15.1 Å². The highest BCUT2D eigenvalue weighted by Gasteiger charge is 1.94. The molecule has 3 nitrogen and oxygen atoms in total. The zero-order valence-electron chi connectivity index (χ0n) is 9.05. The quantitative estimate of drug-likeness (QED) is 0.651. The largest absolute Gasteiger partial charge is 0.472 e. The topological polar surface area (TPSA) is 37.2 Å². The Labute approximate surface area is 85.9 Å². The van der Waals surface area contributed by atoms with Gasteiger partial charge in [0.2, 0.25) is 0 Å². The number of hydrogen-bond donors (Lipinski definition) is 2. The van der Waals surface area contributed by atoms with Gasteiger partial charge in [-0.25, -0.2) is 0 Å². The molecule has 0 bridgehead atoms. The summed E-state index contributed by atoms with van der Waals surface area (Å²) in [6.45, 7) is 8.43. The summed E-state index contributed by atoms with van der Waals surface area (Å²) in [5, 5.41) is 6.72. The van der Waals surface area contributed by atoms with Crippen LogP contribution in [0.3, 0.4) is 0 Å². The summed E-state index contributed by atoms with van der Waals surface area (Å²) in [4.78, 5) is 0. The first kappa shape index (κ1) is 11.3. The van der Waals surface area contributed by atoms with E-state index in [4.69, 9.17) is 4.42 Å². The van der Waals surface area contributed by atoms with E-state index in [1.165, 1.54) is 5.56 Å². The molecule has 0 atom stereocenters. The lowest BCUT2D eigenvalue weighted by molar-refractivity contribution is 0.532. The van der Waals surface area contributed by atoms with Crippen molar-refractivity contribution in [1.29, 1.82) is 0 Å². The second-order valence-electron chi connectivity index (χ2n) is 3.91. The van der Waals surface area contributed by atoms with Gasteiger partial charge in [0.25, 0.3) is 0 Å². The van der Waals surface area contributed by atoms with E-state index < -0.39 is 0 Å². The number of furan rings is 1. The van der Waals surface area contributed by atoms with Crippen molar-refractivity contribution >= 4 is 0 Å². The van der Waals surface area contributed by atoms with E-state index in [1.54, 1.807) is 12.5 Å². The molecule has 1 heterocycles. The molecular weight excluding hydrogens is 176 g/mol. The molecule has 0 aromatic carbocycles. The Morgan fingerprint density at radius 1 is 1.29 bits per heavy atom. The summed E-state index contributed by atoms with van der Waals surface area (Å²) in [5.41, 5.74) is 1.20. The minimum absolute atomic E-state index is 0.726. The first-order chi connectivity index (χ1) is 6.79. The van der Waals surface area contributed by atoms with Gasteiger partial charge in [0, 0.05) is 25.2 Å². The Kier molecular flexibility index (Phi) is 5.33. The second kappa shape index (κ2) is 6.62. The van der Waals surface area contributed by atoms with Crippen LogP contribution in [0.25, 0.3) is 0 Å². The summed E-state index contributed by atoms with van der Waals surface area (Å²) < 4.78 is 4.97. The first-order valence-corrected chi connectivity index (χ1v) is 5.21. The number of rotatable bonds is 7. The molecule has 2 N–H and O–H groups in total. The average Bonchev–Trinajstić information content (AvgIpc) is 2.63. The van der Waals surface area contributed by atoms with Gasteiger partial charge in [-0.2, -0.15) is 0 Å². The van der Waals surface area contributed by atoms with Crippen LogP contribution >= 0.6 is 0 Å². The first-order valence-electron chi connectivity index (χ1n) is 5.21. The van der Waals surface area contributed by atoms with Gasteiger partial charge in [0.15, 0.2) is 0 Å². The summed E-state index contributed by atoms with van der Waals surface area (Å²) in [7, 11) is 0. The maximum atomic E-state index is 4.97. The molecule has 0 radical (unpaired) electrons. The van der Waals surface area contributed by atoms with Crippen molar-refractivity contribution in [2.75, 3.05) is 19.6 Å². The highest BCUT2D eigenvalue weighted by atomic mass is 16.3. The Balaban J connectivity index is 1.90. The number of nitrogens with one attached hydrogen (secondary N) is 2. The van der Waals surface area contributed by atoms with Crippen LogP contribution in [-0.4, -0.2) is 19.6 Å². The third kappa shape index (κ3) is 5.04. The molecule has 0 spiro atoms. The van der Waals surface area contributed by atoms with E-state index in [9.17, 15) is 0 Å². The predicted molar refractivity (Wildman–Crippen MR) is 58.1 cm³/mol. The van der Waals surface area contributed by atoms with Gasteiger partial charge in [-0.3, -0.25) is 0 Å².